The molecule has 69 heavy (non-hydrogen) atoms. The minimum Gasteiger partial charge on any atom is -0.508 e. The van der Waals surface area contributed by atoms with Crippen LogP contribution in [0, 0.1) is 5.92 Å². The summed E-state index contributed by atoms with van der Waals surface area (Å²) in [7, 11) is 0. The maximum Gasteiger partial charge on any atom is 0.415 e. The van der Waals surface area contributed by atoms with E-state index in [1.54, 1.807) is 26.2 Å². The summed E-state index contributed by atoms with van der Waals surface area (Å²) in [5.41, 5.74) is 5.98. The minimum atomic E-state index is -1.46. The van der Waals surface area contributed by atoms with Gasteiger partial charge in [-0.3, -0.25) is 14.2 Å². The third kappa shape index (κ3) is 7.66. The average molecular weight is 933 g/mol. The van der Waals surface area contributed by atoms with Crippen LogP contribution in [-0.4, -0.2) is 80.7 Å². The molecule has 3 aliphatic heterocycles. The van der Waals surface area contributed by atoms with Crippen molar-refractivity contribution in [2.75, 3.05) is 19.6 Å². The first-order chi connectivity index (χ1) is 33.2. The van der Waals surface area contributed by atoms with Crippen molar-refractivity contribution < 1.29 is 34.4 Å². The largest absolute Gasteiger partial charge is 0.508 e. The molecule has 0 radical (unpaired) electrons. The first-order valence-corrected chi connectivity index (χ1v) is 23.9. The molecular weight excluding hydrogens is 877 g/mol. The van der Waals surface area contributed by atoms with E-state index in [1.807, 2.05) is 70.2 Å². The Kier molecular flexibility index (Phi) is 11.5. The molecular formula is C53H56N8O8. The van der Waals surface area contributed by atoms with E-state index in [9.17, 15) is 29.7 Å². The Labute approximate surface area is 398 Å². The topological polar surface area (TPSA) is 199 Å². The van der Waals surface area contributed by atoms with Crippen molar-refractivity contribution in [1.29, 1.82) is 0 Å². The lowest BCUT2D eigenvalue weighted by molar-refractivity contribution is -0.0172. The van der Waals surface area contributed by atoms with E-state index in [0.717, 1.165) is 58.7 Å². The Morgan fingerprint density at radius 2 is 1.78 bits per heavy atom. The molecule has 7 heterocycles. The molecule has 1 saturated heterocycles. The number of phenols is 2. The number of hydrogen-bond donors (Lipinski definition) is 4. The van der Waals surface area contributed by atoms with Gasteiger partial charge in [-0.05, 0) is 117 Å². The molecule has 10 rings (SSSR count). The fourth-order valence-corrected chi connectivity index (χ4v) is 10.5. The van der Waals surface area contributed by atoms with Crippen molar-refractivity contribution in [3.63, 3.8) is 0 Å². The zero-order chi connectivity index (χ0) is 48.5. The molecule has 1 fully saturated rings. The van der Waals surface area contributed by atoms with Gasteiger partial charge in [0.1, 0.15) is 35.2 Å². The summed E-state index contributed by atoms with van der Waals surface area (Å²) < 4.78 is 17.2. The molecule has 4 N–H and O–H groups in total. The normalized spacial score (nSPS) is 16.7. The van der Waals surface area contributed by atoms with Gasteiger partial charge in [-0.25, -0.2) is 9.78 Å². The van der Waals surface area contributed by atoms with E-state index in [0.29, 0.717) is 90.0 Å². The summed E-state index contributed by atoms with van der Waals surface area (Å²) in [6, 6.07) is 18.3. The second-order valence-electron chi connectivity index (χ2n) is 18.7. The Bertz CT molecular complexity index is 3300. The lowest BCUT2D eigenvalue weighted by Gasteiger charge is -2.35. The minimum absolute atomic E-state index is 0.0209. The highest BCUT2D eigenvalue weighted by molar-refractivity contribution is 5.93. The van der Waals surface area contributed by atoms with Crippen molar-refractivity contribution in [2.45, 2.75) is 97.9 Å². The van der Waals surface area contributed by atoms with Crippen molar-refractivity contribution in [3.8, 4) is 45.7 Å². The summed E-state index contributed by atoms with van der Waals surface area (Å²) in [4.78, 5) is 47.5. The number of nitrogens with one attached hydrogen (secondary N) is 1. The lowest BCUT2D eigenvalue weighted by Crippen LogP contribution is -2.40. The van der Waals surface area contributed by atoms with Crippen molar-refractivity contribution >= 4 is 33.8 Å². The number of piperidine rings is 1. The van der Waals surface area contributed by atoms with E-state index in [4.69, 9.17) is 14.5 Å². The third-order valence-electron chi connectivity index (χ3n) is 14.4. The Hall–Kier alpha value is -7.46. The van der Waals surface area contributed by atoms with Gasteiger partial charge in [0.15, 0.2) is 5.82 Å². The monoisotopic (exact) mass is 932 g/mol. The average Bonchev–Trinajstić information content (AvgIpc) is 4.07. The smallest absolute Gasteiger partial charge is 0.415 e. The number of aliphatic hydroxyl groups is 1. The number of aromatic hydroxyl groups is 2. The van der Waals surface area contributed by atoms with Crippen LogP contribution in [0.25, 0.3) is 50.3 Å². The predicted molar refractivity (Wildman–Crippen MR) is 261 cm³/mol. The van der Waals surface area contributed by atoms with Gasteiger partial charge < -0.3 is 44.1 Å². The van der Waals surface area contributed by atoms with Crippen LogP contribution in [-0.2, 0) is 36.5 Å². The van der Waals surface area contributed by atoms with Gasteiger partial charge in [0.2, 0.25) is 5.82 Å². The molecule has 7 aromatic rings. The van der Waals surface area contributed by atoms with E-state index in [2.05, 4.69) is 39.8 Å². The molecule has 0 spiro atoms. The maximum atomic E-state index is 13.8. The molecule has 0 aliphatic carbocycles. The summed E-state index contributed by atoms with van der Waals surface area (Å²) in [6.45, 7) is 16.3. The van der Waals surface area contributed by atoms with Crippen LogP contribution in [0.2, 0.25) is 0 Å². The summed E-state index contributed by atoms with van der Waals surface area (Å²) in [5, 5.41) is 46.3. The molecule has 0 unspecified atom stereocenters. The number of aromatic nitrogens is 6. The Morgan fingerprint density at radius 3 is 2.52 bits per heavy atom. The van der Waals surface area contributed by atoms with Gasteiger partial charge in [-0.1, -0.05) is 34.3 Å². The maximum absolute atomic E-state index is 13.8. The molecule has 356 valence electrons. The van der Waals surface area contributed by atoms with E-state index in [-0.39, 0.29) is 47.0 Å². The number of likely N-dealkylation sites (tertiary alicyclic amines) is 1. The van der Waals surface area contributed by atoms with Gasteiger partial charge in [0.05, 0.1) is 40.3 Å². The molecule has 1 atom stereocenters. The number of rotatable bonds is 11. The lowest BCUT2D eigenvalue weighted by atomic mass is 9.84. The second-order valence-corrected chi connectivity index (χ2v) is 18.7. The number of ether oxygens (including phenoxy) is 2. The fraction of sp³-hybridized carbons (Fsp3) is 0.358. The number of benzene rings is 3. The van der Waals surface area contributed by atoms with Gasteiger partial charge in [-0.15, -0.1) is 10.2 Å². The van der Waals surface area contributed by atoms with Crippen LogP contribution < -0.4 is 15.6 Å². The quantitative estimate of drug-likeness (QED) is 0.0971. The first-order valence-electron chi connectivity index (χ1n) is 23.9. The van der Waals surface area contributed by atoms with Gasteiger partial charge in [0.25, 0.3) is 11.5 Å². The first kappa shape index (κ1) is 45.3. The van der Waals surface area contributed by atoms with E-state index < -0.39 is 17.6 Å². The number of carbonyl (C=O) groups excluding carboxylic acids is 2. The van der Waals surface area contributed by atoms with Crippen LogP contribution in [0.5, 0.6) is 17.2 Å². The molecule has 16 heteroatoms. The van der Waals surface area contributed by atoms with Crippen molar-refractivity contribution in [1.82, 2.24) is 39.1 Å². The van der Waals surface area contributed by atoms with Gasteiger partial charge in [-0.2, -0.15) is 0 Å². The number of pyridine rings is 2. The SMILES string of the molecule is C=C1OCc2c(cc3n(c2=O)Cc2c-3nc3ccc(OC(=O)N4CCC(CCn5ccc6cc(-n7c(C(=O)NCC)nnc7-c7cc(C(C)C)c(O)cc7O)ccc65)CC4)cc3c2CC)[C@@]1(O)CC. The van der Waals surface area contributed by atoms with Crippen LogP contribution in [0.15, 0.2) is 84.0 Å². The molecule has 3 aromatic carbocycles. The Balaban J connectivity index is 0.809. The predicted octanol–water partition coefficient (Wildman–Crippen LogP) is 8.42. The standard InChI is InChI=1S/C53H56N8O8/c1-7-35-37-23-34(11-12-42(37)55-47-39(35)27-60-44(47)25-41-40(51(60)65)28-68-30(6)53(41,67)8-2)69-52(66)59-19-15-31(16-20-59)14-18-58-21-17-32-22-33(10-13-43(32)58)61-48(56-57-49(61)50(64)54-9-3)38-24-36(29(4)5)45(62)26-46(38)63/h10-13,17,21-26,29,31,62-63,67H,6-9,14-16,18-20,27-28H2,1-5H3,(H,54,64)/t53-/m1/s1. The molecule has 2 amide bonds. The highest BCUT2D eigenvalue weighted by Gasteiger charge is 2.42. The molecule has 16 nitrogen and oxygen atoms in total. The number of fused-ring (bicyclic) bond motifs is 6. The van der Waals surface area contributed by atoms with Crippen LogP contribution in [0.1, 0.15) is 105 Å². The molecule has 0 bridgehead atoms. The third-order valence-corrected chi connectivity index (χ3v) is 14.4. The molecule has 0 saturated carbocycles. The van der Waals surface area contributed by atoms with Gasteiger partial charge >= 0.3 is 6.09 Å². The van der Waals surface area contributed by atoms with Gasteiger partial charge in [0, 0.05) is 65.9 Å². The highest BCUT2D eigenvalue weighted by Crippen LogP contribution is 2.44. The fourth-order valence-electron chi connectivity index (χ4n) is 10.5. The summed E-state index contributed by atoms with van der Waals surface area (Å²) >= 11 is 0. The van der Waals surface area contributed by atoms with E-state index in [1.165, 1.54) is 6.07 Å². The Morgan fingerprint density at radius 1 is 0.986 bits per heavy atom. The summed E-state index contributed by atoms with van der Waals surface area (Å²) in [5.74, 6) is 0.784. The summed E-state index contributed by atoms with van der Waals surface area (Å²) in [6.07, 6.45) is 5.25. The number of hydrogen-bond acceptors (Lipinski definition) is 11. The number of aryl methyl sites for hydroxylation is 2. The van der Waals surface area contributed by atoms with Crippen molar-refractivity contribution in [2.24, 2.45) is 5.92 Å². The zero-order valence-electron chi connectivity index (χ0n) is 39.5. The number of amides is 2. The van der Waals surface area contributed by atoms with Crippen LogP contribution in [0.4, 0.5) is 4.79 Å². The van der Waals surface area contributed by atoms with Crippen LogP contribution >= 0.6 is 0 Å². The van der Waals surface area contributed by atoms with Crippen molar-refractivity contribution in [3.05, 3.63) is 123 Å². The number of nitrogens with zero attached hydrogens (tertiary/aromatic N) is 7. The van der Waals surface area contributed by atoms with Crippen LogP contribution in [0.3, 0.4) is 0 Å². The highest BCUT2D eigenvalue weighted by atomic mass is 16.6. The van der Waals surface area contributed by atoms with E-state index >= 15 is 0 Å². The zero-order valence-corrected chi connectivity index (χ0v) is 39.5. The molecule has 3 aliphatic rings. The second kappa shape index (κ2) is 17.6. The number of carbonyl (C=O) groups is 2. The molecule has 4 aromatic heterocycles. The number of phenolic OH excluding ortho intramolecular Hbond substituents is 2.